The number of aromatic nitrogens is 2. The van der Waals surface area contributed by atoms with Crippen molar-refractivity contribution in [2.75, 3.05) is 23.7 Å². The van der Waals surface area contributed by atoms with Crippen LogP contribution in [0.15, 0.2) is 36.7 Å². The average molecular weight is 355 g/mol. The molecule has 0 aliphatic carbocycles. The molecule has 0 saturated carbocycles. The molecule has 0 spiro atoms. The zero-order valence-electron chi connectivity index (χ0n) is 15.5. The lowest BCUT2D eigenvalue weighted by Crippen LogP contribution is -2.32. The molecule has 0 saturated heterocycles. The largest absolute Gasteiger partial charge is 0.339 e. The van der Waals surface area contributed by atoms with E-state index >= 15 is 0 Å². The zero-order chi connectivity index (χ0) is 18.9. The van der Waals surface area contributed by atoms with Crippen molar-refractivity contribution >= 4 is 29.1 Å². The van der Waals surface area contributed by atoms with Crippen molar-refractivity contribution in [3.63, 3.8) is 0 Å². The first-order valence-corrected chi connectivity index (χ1v) is 8.79. The number of nitrogens with one attached hydrogen (secondary N) is 2. The standard InChI is InChI=1S/C19H25N5O2/c1-4-10-24(11-5-2)18(26)15-12-20-19(21-13-15)23-17-8-6-16(7-9-17)22-14(3)25/h6-9,12-13H,4-5,10-11H2,1-3H3,(H,22,25)(H,20,21,23). The van der Waals surface area contributed by atoms with Crippen LogP contribution in [0.3, 0.4) is 0 Å². The molecule has 1 heterocycles. The summed E-state index contributed by atoms with van der Waals surface area (Å²) in [6, 6.07) is 7.21. The van der Waals surface area contributed by atoms with Crippen LogP contribution in [-0.2, 0) is 4.79 Å². The minimum Gasteiger partial charge on any atom is -0.339 e. The number of nitrogens with zero attached hydrogens (tertiary/aromatic N) is 3. The molecule has 2 N–H and O–H groups in total. The SMILES string of the molecule is CCCN(CCC)C(=O)c1cnc(Nc2ccc(NC(C)=O)cc2)nc1. The van der Waals surface area contributed by atoms with E-state index in [9.17, 15) is 9.59 Å². The fourth-order valence-electron chi connectivity index (χ4n) is 2.51. The van der Waals surface area contributed by atoms with Gasteiger partial charge >= 0.3 is 0 Å². The van der Waals surface area contributed by atoms with Crippen molar-refractivity contribution in [1.82, 2.24) is 14.9 Å². The van der Waals surface area contributed by atoms with Gasteiger partial charge in [0.05, 0.1) is 5.56 Å². The van der Waals surface area contributed by atoms with E-state index in [-0.39, 0.29) is 11.8 Å². The lowest BCUT2D eigenvalue weighted by Gasteiger charge is -2.21. The van der Waals surface area contributed by atoms with E-state index in [1.807, 2.05) is 17.0 Å². The van der Waals surface area contributed by atoms with E-state index < -0.39 is 0 Å². The number of carbonyl (C=O) groups is 2. The molecule has 7 nitrogen and oxygen atoms in total. The van der Waals surface area contributed by atoms with E-state index in [2.05, 4.69) is 34.4 Å². The van der Waals surface area contributed by atoms with Crippen molar-refractivity contribution in [1.29, 1.82) is 0 Å². The van der Waals surface area contributed by atoms with Crippen LogP contribution >= 0.6 is 0 Å². The molecular weight excluding hydrogens is 330 g/mol. The molecule has 0 fully saturated rings. The Balaban J connectivity index is 2.02. The molecule has 0 atom stereocenters. The van der Waals surface area contributed by atoms with Crippen molar-refractivity contribution < 1.29 is 9.59 Å². The van der Waals surface area contributed by atoms with Gasteiger partial charge in [0, 0.05) is 43.8 Å². The summed E-state index contributed by atoms with van der Waals surface area (Å²) in [4.78, 5) is 33.8. The predicted octanol–water partition coefficient (Wildman–Crippen LogP) is 3.44. The van der Waals surface area contributed by atoms with E-state index in [1.165, 1.54) is 6.92 Å². The van der Waals surface area contributed by atoms with Gasteiger partial charge in [0.2, 0.25) is 11.9 Å². The van der Waals surface area contributed by atoms with Crippen LogP contribution in [0, 0.1) is 0 Å². The number of carbonyl (C=O) groups excluding carboxylic acids is 2. The van der Waals surface area contributed by atoms with E-state index in [4.69, 9.17) is 0 Å². The summed E-state index contributed by atoms with van der Waals surface area (Å²) in [6.07, 6.45) is 4.92. The third-order valence-corrected chi connectivity index (χ3v) is 3.63. The first-order valence-electron chi connectivity index (χ1n) is 8.79. The lowest BCUT2D eigenvalue weighted by molar-refractivity contribution is -0.114. The molecule has 1 aromatic carbocycles. The summed E-state index contributed by atoms with van der Waals surface area (Å²) in [6.45, 7) is 7.03. The average Bonchev–Trinajstić information content (AvgIpc) is 2.63. The van der Waals surface area contributed by atoms with Crippen LogP contribution in [0.4, 0.5) is 17.3 Å². The molecule has 26 heavy (non-hydrogen) atoms. The fraction of sp³-hybridized carbons (Fsp3) is 0.368. The van der Waals surface area contributed by atoms with Gasteiger partial charge in [-0.2, -0.15) is 0 Å². The second-order valence-corrected chi connectivity index (χ2v) is 5.97. The van der Waals surface area contributed by atoms with Crippen LogP contribution < -0.4 is 10.6 Å². The maximum atomic E-state index is 12.5. The Morgan fingerprint density at radius 2 is 1.50 bits per heavy atom. The third-order valence-electron chi connectivity index (χ3n) is 3.63. The van der Waals surface area contributed by atoms with Crippen LogP contribution in [0.1, 0.15) is 44.0 Å². The van der Waals surface area contributed by atoms with Crippen molar-refractivity contribution in [2.24, 2.45) is 0 Å². The minimum absolute atomic E-state index is 0.0417. The number of benzene rings is 1. The smallest absolute Gasteiger partial charge is 0.256 e. The van der Waals surface area contributed by atoms with Crippen molar-refractivity contribution in [2.45, 2.75) is 33.6 Å². The lowest BCUT2D eigenvalue weighted by atomic mass is 10.2. The first kappa shape index (κ1) is 19.4. The molecule has 2 amide bonds. The van der Waals surface area contributed by atoms with E-state index in [0.717, 1.165) is 37.3 Å². The highest BCUT2D eigenvalue weighted by Gasteiger charge is 2.15. The molecule has 0 aliphatic rings. The van der Waals surface area contributed by atoms with Gasteiger partial charge < -0.3 is 15.5 Å². The summed E-state index contributed by atoms with van der Waals surface area (Å²) in [7, 11) is 0. The van der Waals surface area contributed by atoms with Gasteiger partial charge in [-0.15, -0.1) is 0 Å². The Labute approximate surface area is 153 Å². The molecule has 138 valence electrons. The zero-order valence-corrected chi connectivity index (χ0v) is 15.5. The summed E-state index contributed by atoms with van der Waals surface area (Å²) >= 11 is 0. The number of rotatable bonds is 8. The van der Waals surface area contributed by atoms with Gasteiger partial charge in [-0.25, -0.2) is 9.97 Å². The highest BCUT2D eigenvalue weighted by molar-refractivity contribution is 5.93. The van der Waals surface area contributed by atoms with Gasteiger partial charge in [0.1, 0.15) is 0 Å². The third kappa shape index (κ3) is 5.54. The molecular formula is C19H25N5O2. The highest BCUT2D eigenvalue weighted by Crippen LogP contribution is 2.16. The molecule has 0 radical (unpaired) electrons. The monoisotopic (exact) mass is 355 g/mol. The van der Waals surface area contributed by atoms with Gasteiger partial charge in [0.25, 0.3) is 5.91 Å². The second kappa shape index (κ2) is 9.50. The molecule has 7 heteroatoms. The van der Waals surface area contributed by atoms with Gasteiger partial charge in [0.15, 0.2) is 0 Å². The molecule has 0 aliphatic heterocycles. The summed E-state index contributed by atoms with van der Waals surface area (Å²) in [5.41, 5.74) is 1.99. The van der Waals surface area contributed by atoms with Crippen LogP contribution in [0.25, 0.3) is 0 Å². The maximum absolute atomic E-state index is 12.5. The Morgan fingerprint density at radius 1 is 0.962 bits per heavy atom. The predicted molar refractivity (Wildman–Crippen MR) is 103 cm³/mol. The Morgan fingerprint density at radius 3 is 2.00 bits per heavy atom. The summed E-state index contributed by atoms with van der Waals surface area (Å²) < 4.78 is 0. The molecule has 2 rings (SSSR count). The first-order chi connectivity index (χ1) is 12.5. The molecule has 0 bridgehead atoms. The van der Waals surface area contributed by atoms with Crippen LogP contribution in [-0.4, -0.2) is 39.8 Å². The number of amides is 2. The summed E-state index contributed by atoms with van der Waals surface area (Å²) in [5, 5.41) is 5.78. The van der Waals surface area contributed by atoms with Gasteiger partial charge in [-0.3, -0.25) is 9.59 Å². The normalized spacial score (nSPS) is 10.3. The van der Waals surface area contributed by atoms with Crippen LogP contribution in [0.2, 0.25) is 0 Å². The molecule has 0 unspecified atom stereocenters. The summed E-state index contributed by atoms with van der Waals surface area (Å²) in [5.74, 6) is 0.251. The molecule has 2 aromatic rings. The Kier molecular flexibility index (Phi) is 7.08. The number of anilines is 3. The maximum Gasteiger partial charge on any atom is 0.256 e. The highest BCUT2D eigenvalue weighted by atomic mass is 16.2. The van der Waals surface area contributed by atoms with Gasteiger partial charge in [-0.05, 0) is 37.1 Å². The fourth-order valence-corrected chi connectivity index (χ4v) is 2.51. The van der Waals surface area contributed by atoms with Crippen molar-refractivity contribution in [3.8, 4) is 0 Å². The minimum atomic E-state index is -0.116. The van der Waals surface area contributed by atoms with E-state index in [0.29, 0.717) is 11.5 Å². The van der Waals surface area contributed by atoms with Crippen molar-refractivity contribution in [3.05, 3.63) is 42.2 Å². The molecule has 1 aromatic heterocycles. The Hall–Kier alpha value is -2.96. The Bertz CT molecular complexity index is 723. The quantitative estimate of drug-likeness (QED) is 0.757. The van der Waals surface area contributed by atoms with Gasteiger partial charge in [-0.1, -0.05) is 13.8 Å². The second-order valence-electron chi connectivity index (χ2n) is 5.97. The number of hydrogen-bond acceptors (Lipinski definition) is 5. The number of hydrogen-bond donors (Lipinski definition) is 2. The topological polar surface area (TPSA) is 87.2 Å². The van der Waals surface area contributed by atoms with Crippen LogP contribution in [0.5, 0.6) is 0 Å². The van der Waals surface area contributed by atoms with E-state index in [1.54, 1.807) is 24.5 Å².